The van der Waals surface area contributed by atoms with Crippen molar-refractivity contribution < 1.29 is 31.0 Å². The van der Waals surface area contributed by atoms with Gasteiger partial charge in [-0.3, -0.25) is 0 Å². The molecule has 0 amide bonds. The van der Waals surface area contributed by atoms with Crippen molar-refractivity contribution in [2.24, 2.45) is 11.8 Å². The Kier molecular flexibility index (Phi) is 8.58. The zero-order chi connectivity index (χ0) is 14.3. The number of aliphatic hydroxyl groups is 1. The second-order valence-corrected chi connectivity index (χ2v) is 8.97. The zero-order valence-corrected chi connectivity index (χ0v) is 15.0. The fourth-order valence-electron chi connectivity index (χ4n) is 2.19. The number of halogens is 1. The van der Waals surface area contributed by atoms with Crippen LogP contribution in [0, 0.1) is 11.8 Å². The Labute approximate surface area is 129 Å². The van der Waals surface area contributed by atoms with Crippen LogP contribution in [0.4, 0.5) is 0 Å². The molecule has 3 heteroatoms. The molecule has 0 aromatic carbocycles. The number of allylic oxidation sites excluding steroid dienone is 2. The van der Waals surface area contributed by atoms with Crippen LogP contribution in [-0.4, -0.2) is 19.9 Å². The van der Waals surface area contributed by atoms with E-state index in [4.69, 9.17) is 4.74 Å². The van der Waals surface area contributed by atoms with Crippen molar-refractivity contribution in [3.05, 3.63) is 11.6 Å². The summed E-state index contributed by atoms with van der Waals surface area (Å²) in [6.07, 6.45) is 8.22. The molecule has 0 aliphatic heterocycles. The molecule has 19 heavy (non-hydrogen) atoms. The topological polar surface area (TPSA) is 29.5 Å². The molecule has 1 unspecified atom stereocenters. The average Bonchev–Trinajstić information content (AvgIpc) is 2.43. The van der Waals surface area contributed by atoms with Crippen molar-refractivity contribution in [2.75, 3.05) is 4.43 Å². The summed E-state index contributed by atoms with van der Waals surface area (Å²) in [6, 6.07) is 0. The Morgan fingerprint density at radius 3 is 2.58 bits per heavy atom. The molecule has 0 bridgehead atoms. The van der Waals surface area contributed by atoms with Crippen LogP contribution in [0.25, 0.3) is 0 Å². The number of hydrogen-bond acceptors (Lipinski definition) is 2. The van der Waals surface area contributed by atoms with Crippen LogP contribution in [0.1, 0.15) is 59.8 Å². The molecule has 0 aromatic rings. The molecular formula is C16H30IO2-. The van der Waals surface area contributed by atoms with Gasteiger partial charge in [0.15, 0.2) is 0 Å². The molecule has 3 atom stereocenters. The van der Waals surface area contributed by atoms with Gasteiger partial charge in [-0.25, -0.2) is 0 Å². The van der Waals surface area contributed by atoms with Gasteiger partial charge in [0.2, 0.25) is 0 Å². The third kappa shape index (κ3) is 6.58. The fourth-order valence-corrected chi connectivity index (χ4v) is 5.22. The Morgan fingerprint density at radius 2 is 2.05 bits per heavy atom. The molecule has 0 radical (unpaired) electrons. The molecule has 2 nitrogen and oxygen atoms in total. The van der Waals surface area contributed by atoms with Crippen LogP contribution in [0.15, 0.2) is 11.6 Å². The first-order chi connectivity index (χ1) is 9.04. The van der Waals surface area contributed by atoms with E-state index in [9.17, 15) is 5.11 Å². The van der Waals surface area contributed by atoms with Gasteiger partial charge in [0.1, 0.15) is 0 Å². The molecule has 1 aliphatic carbocycles. The summed E-state index contributed by atoms with van der Waals surface area (Å²) < 4.78 is 7.38. The minimum absolute atomic E-state index is 0.00942. The maximum atomic E-state index is 9.83. The predicted octanol–water partition coefficient (Wildman–Crippen LogP) is 0.939. The second-order valence-electron chi connectivity index (χ2n) is 5.82. The number of rotatable bonds is 8. The first-order valence-electron chi connectivity index (χ1n) is 7.64. The molecule has 0 aromatic heterocycles. The normalized spacial score (nSPS) is 21.3. The van der Waals surface area contributed by atoms with Gasteiger partial charge in [-0.2, -0.15) is 0 Å². The van der Waals surface area contributed by atoms with Gasteiger partial charge in [-0.15, -0.1) is 0 Å². The van der Waals surface area contributed by atoms with E-state index in [2.05, 4.69) is 19.9 Å². The summed E-state index contributed by atoms with van der Waals surface area (Å²) in [5, 5.41) is 9.83. The SMILES string of the molecule is CC[C@@H](O[C@H](O)C(C)C)[I-]CC(C)C1=CCCCC1. The van der Waals surface area contributed by atoms with Gasteiger partial charge < -0.3 is 0 Å². The van der Waals surface area contributed by atoms with Crippen LogP contribution >= 0.6 is 0 Å². The molecular weight excluding hydrogens is 351 g/mol. The van der Waals surface area contributed by atoms with Crippen LogP contribution in [0.2, 0.25) is 0 Å². The van der Waals surface area contributed by atoms with E-state index >= 15 is 0 Å². The van der Waals surface area contributed by atoms with E-state index in [-0.39, 0.29) is 27.1 Å². The average molecular weight is 381 g/mol. The van der Waals surface area contributed by atoms with Gasteiger partial charge >= 0.3 is 129 Å². The monoisotopic (exact) mass is 381 g/mol. The molecule has 0 heterocycles. The minimum atomic E-state index is -0.589. The third-order valence-corrected chi connectivity index (χ3v) is 7.62. The Morgan fingerprint density at radius 1 is 1.32 bits per heavy atom. The second kappa shape index (κ2) is 9.35. The van der Waals surface area contributed by atoms with E-state index in [1.807, 2.05) is 13.8 Å². The first kappa shape index (κ1) is 17.4. The maximum absolute atomic E-state index is 9.83. The molecule has 114 valence electrons. The Hall–Kier alpha value is 0.390. The van der Waals surface area contributed by atoms with Crippen LogP contribution < -0.4 is 21.2 Å². The van der Waals surface area contributed by atoms with Crippen molar-refractivity contribution in [2.45, 2.75) is 70.2 Å². The van der Waals surface area contributed by atoms with Gasteiger partial charge in [-0.05, 0) is 0 Å². The zero-order valence-electron chi connectivity index (χ0n) is 12.9. The molecule has 0 saturated heterocycles. The van der Waals surface area contributed by atoms with Gasteiger partial charge in [0.05, 0.1) is 0 Å². The van der Waals surface area contributed by atoms with Crippen molar-refractivity contribution in [3.8, 4) is 0 Å². The van der Waals surface area contributed by atoms with E-state index in [1.165, 1.54) is 30.1 Å². The molecule has 0 fully saturated rings. The van der Waals surface area contributed by atoms with Crippen molar-refractivity contribution in [1.82, 2.24) is 0 Å². The number of alkyl halides is 2. The summed E-state index contributed by atoms with van der Waals surface area (Å²) in [4.78, 5) is 0. The third-order valence-electron chi connectivity index (χ3n) is 3.63. The summed E-state index contributed by atoms with van der Waals surface area (Å²) in [5.41, 5.74) is 1.67. The molecule has 1 rings (SSSR count). The van der Waals surface area contributed by atoms with E-state index in [0.29, 0.717) is 4.11 Å². The fraction of sp³-hybridized carbons (Fsp3) is 0.875. The summed E-state index contributed by atoms with van der Waals surface area (Å²) in [5.74, 6) is 0.915. The number of aliphatic hydroxyl groups excluding tert-OH is 1. The predicted molar refractivity (Wildman–Crippen MR) is 76.6 cm³/mol. The van der Waals surface area contributed by atoms with Gasteiger partial charge in [0.25, 0.3) is 0 Å². The van der Waals surface area contributed by atoms with E-state index in [0.717, 1.165) is 12.3 Å². The van der Waals surface area contributed by atoms with E-state index in [1.54, 1.807) is 5.57 Å². The van der Waals surface area contributed by atoms with Gasteiger partial charge in [-0.1, -0.05) is 0 Å². The molecule has 0 spiro atoms. The van der Waals surface area contributed by atoms with Crippen molar-refractivity contribution >= 4 is 0 Å². The standard InChI is InChI=1S/C16H30IO2/c1-5-15(19-16(18)12(2)3)17-11-13(4)14-9-7-6-8-10-14/h9,12-13,15-16,18H,5-8,10-11H2,1-4H3/q-1/t13?,15-,16+/m1/s1. The van der Waals surface area contributed by atoms with Crippen molar-refractivity contribution in [1.29, 1.82) is 0 Å². The molecule has 0 saturated carbocycles. The number of ether oxygens (including phenoxy) is 1. The van der Waals surface area contributed by atoms with Crippen LogP contribution in [-0.2, 0) is 4.74 Å². The summed E-state index contributed by atoms with van der Waals surface area (Å²) >= 11 is 0.00942. The summed E-state index contributed by atoms with van der Waals surface area (Å²) in [7, 11) is 0. The number of hydrogen-bond donors (Lipinski definition) is 1. The van der Waals surface area contributed by atoms with Crippen molar-refractivity contribution in [3.63, 3.8) is 0 Å². The van der Waals surface area contributed by atoms with E-state index < -0.39 is 6.29 Å². The van der Waals surface area contributed by atoms with Crippen LogP contribution in [0.5, 0.6) is 0 Å². The first-order valence-corrected chi connectivity index (χ1v) is 10.4. The molecule has 1 N–H and O–H groups in total. The Balaban J connectivity index is 2.33. The molecule has 1 aliphatic rings. The Bertz CT molecular complexity index is 276. The summed E-state index contributed by atoms with van der Waals surface area (Å²) in [6.45, 7) is 8.54. The van der Waals surface area contributed by atoms with Crippen LogP contribution in [0.3, 0.4) is 0 Å². The quantitative estimate of drug-likeness (QED) is 0.294. The van der Waals surface area contributed by atoms with Gasteiger partial charge in [0, 0.05) is 0 Å².